The molecule has 3 rings (SSSR count). The molecule has 16 heavy (non-hydrogen) atoms. The summed E-state index contributed by atoms with van der Waals surface area (Å²) in [7, 11) is 0. The number of nitriles is 1. The summed E-state index contributed by atoms with van der Waals surface area (Å²) in [4.78, 5) is 0. The molecular weight excluding hydrogens is 196 g/mol. The van der Waals surface area contributed by atoms with Gasteiger partial charge in [-0.3, -0.25) is 0 Å². The predicted octanol–water partition coefficient (Wildman–Crippen LogP) is 2.56. The Morgan fingerprint density at radius 3 is 2.88 bits per heavy atom. The van der Waals surface area contributed by atoms with E-state index in [1.807, 2.05) is 6.92 Å². The summed E-state index contributed by atoms with van der Waals surface area (Å²) in [5, 5.41) is 12.5. The van der Waals surface area contributed by atoms with Crippen LogP contribution >= 0.6 is 0 Å². The Morgan fingerprint density at radius 2 is 2.06 bits per heavy atom. The van der Waals surface area contributed by atoms with Gasteiger partial charge in [0.2, 0.25) is 0 Å². The minimum atomic E-state index is 0.165. The second-order valence-electron chi connectivity index (χ2n) is 6.20. The molecule has 6 atom stereocenters. The van der Waals surface area contributed by atoms with Crippen LogP contribution in [0.5, 0.6) is 0 Å². The molecule has 0 spiro atoms. The van der Waals surface area contributed by atoms with Crippen LogP contribution in [0.4, 0.5) is 0 Å². The lowest BCUT2D eigenvalue weighted by Gasteiger charge is -2.32. The molecule has 0 saturated heterocycles. The highest BCUT2D eigenvalue weighted by Crippen LogP contribution is 2.58. The minimum absolute atomic E-state index is 0.165. The van der Waals surface area contributed by atoms with Crippen molar-refractivity contribution in [1.29, 1.82) is 5.26 Å². The van der Waals surface area contributed by atoms with Gasteiger partial charge in [0.25, 0.3) is 0 Å². The molecule has 0 amide bonds. The van der Waals surface area contributed by atoms with Gasteiger partial charge in [-0.05, 0) is 56.3 Å². The summed E-state index contributed by atoms with van der Waals surface area (Å²) in [5.41, 5.74) is 0. The van der Waals surface area contributed by atoms with Crippen LogP contribution in [-0.2, 0) is 0 Å². The molecular formula is C14H22N2. The Kier molecular flexibility index (Phi) is 2.67. The fourth-order valence-corrected chi connectivity index (χ4v) is 4.68. The van der Waals surface area contributed by atoms with E-state index in [0.29, 0.717) is 0 Å². The highest BCUT2D eigenvalue weighted by Gasteiger charge is 2.53. The van der Waals surface area contributed by atoms with Gasteiger partial charge in [0.15, 0.2) is 0 Å². The van der Waals surface area contributed by atoms with Crippen LogP contribution in [0.1, 0.15) is 39.0 Å². The second kappa shape index (κ2) is 4.04. The SMILES string of the molecule is CC(C#N)CNC1CC2CC1C1CCCC21. The summed E-state index contributed by atoms with van der Waals surface area (Å²) in [6, 6.07) is 3.05. The Hall–Kier alpha value is -0.550. The van der Waals surface area contributed by atoms with E-state index in [1.165, 1.54) is 32.1 Å². The summed E-state index contributed by atoms with van der Waals surface area (Å²) in [6.07, 6.45) is 7.34. The van der Waals surface area contributed by atoms with Gasteiger partial charge in [-0.25, -0.2) is 0 Å². The molecule has 6 unspecified atom stereocenters. The van der Waals surface area contributed by atoms with Gasteiger partial charge in [0.05, 0.1) is 12.0 Å². The molecule has 88 valence electrons. The maximum absolute atomic E-state index is 8.80. The summed E-state index contributed by atoms with van der Waals surface area (Å²) < 4.78 is 0. The molecule has 3 saturated carbocycles. The molecule has 2 heteroatoms. The fraction of sp³-hybridized carbons (Fsp3) is 0.929. The van der Waals surface area contributed by atoms with Crippen LogP contribution in [0.25, 0.3) is 0 Å². The van der Waals surface area contributed by atoms with Crippen LogP contribution < -0.4 is 5.32 Å². The zero-order valence-corrected chi connectivity index (χ0v) is 10.2. The lowest BCUT2D eigenvalue weighted by atomic mass is 9.79. The van der Waals surface area contributed by atoms with Crippen molar-refractivity contribution in [1.82, 2.24) is 5.32 Å². The number of nitrogens with zero attached hydrogens (tertiary/aromatic N) is 1. The average Bonchev–Trinajstić information content (AvgIpc) is 2.96. The first-order valence-electron chi connectivity index (χ1n) is 6.92. The third-order valence-electron chi connectivity index (χ3n) is 5.34. The predicted molar refractivity (Wildman–Crippen MR) is 63.6 cm³/mol. The van der Waals surface area contributed by atoms with E-state index in [-0.39, 0.29) is 5.92 Å². The van der Waals surface area contributed by atoms with Crippen LogP contribution in [0.15, 0.2) is 0 Å². The third-order valence-corrected chi connectivity index (χ3v) is 5.34. The first-order valence-corrected chi connectivity index (χ1v) is 6.92. The van der Waals surface area contributed by atoms with Gasteiger partial charge >= 0.3 is 0 Å². The first-order chi connectivity index (χ1) is 7.79. The molecule has 2 bridgehead atoms. The van der Waals surface area contributed by atoms with Crippen LogP contribution in [0.3, 0.4) is 0 Å². The van der Waals surface area contributed by atoms with Gasteiger partial charge in [0.1, 0.15) is 0 Å². The summed E-state index contributed by atoms with van der Waals surface area (Å²) >= 11 is 0. The molecule has 0 aromatic carbocycles. The topological polar surface area (TPSA) is 35.8 Å². The van der Waals surface area contributed by atoms with Crippen molar-refractivity contribution < 1.29 is 0 Å². The largest absolute Gasteiger partial charge is 0.312 e. The average molecular weight is 218 g/mol. The normalized spacial score (nSPS) is 46.6. The monoisotopic (exact) mass is 218 g/mol. The minimum Gasteiger partial charge on any atom is -0.312 e. The number of fused-ring (bicyclic) bond motifs is 5. The molecule has 0 aromatic rings. The maximum Gasteiger partial charge on any atom is 0.0666 e. The molecule has 0 aliphatic heterocycles. The Morgan fingerprint density at radius 1 is 1.25 bits per heavy atom. The van der Waals surface area contributed by atoms with Crippen molar-refractivity contribution in [2.24, 2.45) is 29.6 Å². The summed E-state index contributed by atoms with van der Waals surface area (Å²) in [6.45, 7) is 2.90. The molecule has 1 N–H and O–H groups in total. The second-order valence-corrected chi connectivity index (χ2v) is 6.20. The first kappa shape index (κ1) is 10.6. The van der Waals surface area contributed by atoms with Gasteiger partial charge in [0, 0.05) is 12.6 Å². The van der Waals surface area contributed by atoms with Crippen molar-refractivity contribution in [3.63, 3.8) is 0 Å². The van der Waals surface area contributed by atoms with E-state index >= 15 is 0 Å². The van der Waals surface area contributed by atoms with Gasteiger partial charge in [-0.15, -0.1) is 0 Å². The number of nitrogens with one attached hydrogen (secondary N) is 1. The quantitative estimate of drug-likeness (QED) is 0.790. The fourth-order valence-electron chi connectivity index (χ4n) is 4.68. The lowest BCUT2D eigenvalue weighted by Crippen LogP contribution is -2.40. The third kappa shape index (κ3) is 1.57. The zero-order valence-electron chi connectivity index (χ0n) is 10.2. The Labute approximate surface area is 98.4 Å². The van der Waals surface area contributed by atoms with E-state index in [4.69, 9.17) is 5.26 Å². The van der Waals surface area contributed by atoms with E-state index < -0.39 is 0 Å². The highest BCUT2D eigenvalue weighted by molar-refractivity contribution is 5.05. The summed E-state index contributed by atoms with van der Waals surface area (Å²) in [5.74, 6) is 4.25. The Balaban J connectivity index is 1.58. The van der Waals surface area contributed by atoms with E-state index in [1.54, 1.807) is 0 Å². The van der Waals surface area contributed by atoms with E-state index in [2.05, 4.69) is 11.4 Å². The maximum atomic E-state index is 8.80. The van der Waals surface area contributed by atoms with Crippen molar-refractivity contribution in [2.45, 2.75) is 45.1 Å². The van der Waals surface area contributed by atoms with Crippen molar-refractivity contribution in [3.05, 3.63) is 0 Å². The van der Waals surface area contributed by atoms with E-state index in [9.17, 15) is 0 Å². The highest BCUT2D eigenvalue weighted by atomic mass is 14.9. The molecule has 0 heterocycles. The molecule has 3 fully saturated rings. The molecule has 3 aliphatic rings. The van der Waals surface area contributed by atoms with Crippen molar-refractivity contribution >= 4 is 0 Å². The van der Waals surface area contributed by atoms with Crippen LogP contribution in [-0.4, -0.2) is 12.6 Å². The smallest absolute Gasteiger partial charge is 0.0666 e. The van der Waals surface area contributed by atoms with Gasteiger partial charge in [-0.1, -0.05) is 6.42 Å². The lowest BCUT2D eigenvalue weighted by molar-refractivity contribution is 0.207. The number of hydrogen-bond donors (Lipinski definition) is 1. The molecule has 0 radical (unpaired) electrons. The molecule has 2 nitrogen and oxygen atoms in total. The standard InChI is InChI=1S/C14H22N2/c1-9(7-15)8-16-14-6-10-5-13(14)12-4-2-3-11(10)12/h9-14,16H,2-6,8H2,1H3. The number of rotatable bonds is 3. The molecule has 0 aromatic heterocycles. The zero-order chi connectivity index (χ0) is 11.1. The van der Waals surface area contributed by atoms with Crippen LogP contribution in [0, 0.1) is 40.9 Å². The van der Waals surface area contributed by atoms with Crippen molar-refractivity contribution in [3.8, 4) is 6.07 Å². The van der Waals surface area contributed by atoms with Crippen molar-refractivity contribution in [2.75, 3.05) is 6.54 Å². The van der Waals surface area contributed by atoms with Gasteiger partial charge < -0.3 is 5.32 Å². The van der Waals surface area contributed by atoms with Gasteiger partial charge in [-0.2, -0.15) is 5.26 Å². The van der Waals surface area contributed by atoms with E-state index in [0.717, 1.165) is 36.3 Å². The Bertz CT molecular complexity index is 306. The molecule has 3 aliphatic carbocycles. The van der Waals surface area contributed by atoms with Crippen LogP contribution in [0.2, 0.25) is 0 Å². The number of hydrogen-bond acceptors (Lipinski definition) is 2.